The average Bonchev–Trinajstić information content (AvgIpc) is 2.52. The summed E-state index contributed by atoms with van der Waals surface area (Å²) in [5.41, 5.74) is 0.593. The summed E-state index contributed by atoms with van der Waals surface area (Å²) in [4.78, 5) is 24.2. The van der Waals surface area contributed by atoms with Crippen LogP contribution in [0.2, 0.25) is 0 Å². The SMILES string of the molecule is CSc1ncccc1C(=O)NCCNc1ncccn1. The summed E-state index contributed by atoms with van der Waals surface area (Å²) in [5.74, 6) is 0.422. The summed E-state index contributed by atoms with van der Waals surface area (Å²) in [6.07, 6.45) is 6.90. The highest BCUT2D eigenvalue weighted by Gasteiger charge is 2.10. The third-order valence-electron chi connectivity index (χ3n) is 2.47. The second-order valence-corrected chi connectivity index (χ2v) is 4.61. The van der Waals surface area contributed by atoms with Crippen molar-refractivity contribution in [2.75, 3.05) is 24.7 Å². The number of nitrogens with one attached hydrogen (secondary N) is 2. The van der Waals surface area contributed by atoms with Crippen molar-refractivity contribution >= 4 is 23.6 Å². The quantitative estimate of drug-likeness (QED) is 0.618. The molecular weight excluding hydrogens is 274 g/mol. The molecule has 0 radical (unpaired) electrons. The van der Waals surface area contributed by atoms with Gasteiger partial charge in [0.2, 0.25) is 5.95 Å². The lowest BCUT2D eigenvalue weighted by Gasteiger charge is -2.08. The molecule has 0 bridgehead atoms. The fraction of sp³-hybridized carbons (Fsp3) is 0.231. The first-order valence-electron chi connectivity index (χ1n) is 6.09. The van der Waals surface area contributed by atoms with E-state index in [-0.39, 0.29) is 5.91 Å². The Labute approximate surface area is 121 Å². The summed E-state index contributed by atoms with van der Waals surface area (Å²) in [6.45, 7) is 1.05. The van der Waals surface area contributed by atoms with E-state index in [1.54, 1.807) is 36.8 Å². The van der Waals surface area contributed by atoms with Crippen molar-refractivity contribution < 1.29 is 4.79 Å². The van der Waals surface area contributed by atoms with Crippen LogP contribution in [0.25, 0.3) is 0 Å². The third kappa shape index (κ3) is 3.92. The van der Waals surface area contributed by atoms with Gasteiger partial charge in [0.05, 0.1) is 5.56 Å². The lowest BCUT2D eigenvalue weighted by atomic mass is 10.2. The molecule has 0 aliphatic rings. The molecule has 2 N–H and O–H groups in total. The van der Waals surface area contributed by atoms with Crippen LogP contribution in [0.3, 0.4) is 0 Å². The van der Waals surface area contributed by atoms with Crippen molar-refractivity contribution in [2.45, 2.75) is 5.03 Å². The molecule has 0 aliphatic heterocycles. The minimum absolute atomic E-state index is 0.127. The Bertz CT molecular complexity index is 564. The number of carbonyl (C=O) groups is 1. The molecule has 0 aromatic carbocycles. The number of hydrogen-bond acceptors (Lipinski definition) is 6. The zero-order valence-corrected chi connectivity index (χ0v) is 11.9. The summed E-state index contributed by atoms with van der Waals surface area (Å²) in [5, 5.41) is 6.58. The lowest BCUT2D eigenvalue weighted by molar-refractivity contribution is 0.0951. The minimum atomic E-state index is -0.127. The molecular formula is C13H15N5OS. The van der Waals surface area contributed by atoms with Crippen LogP contribution in [0.4, 0.5) is 5.95 Å². The van der Waals surface area contributed by atoms with E-state index in [2.05, 4.69) is 25.6 Å². The van der Waals surface area contributed by atoms with Crippen LogP contribution in [0.15, 0.2) is 41.8 Å². The zero-order valence-electron chi connectivity index (χ0n) is 11.0. The summed E-state index contributed by atoms with van der Waals surface area (Å²) < 4.78 is 0. The average molecular weight is 289 g/mol. The third-order valence-corrected chi connectivity index (χ3v) is 3.18. The predicted molar refractivity (Wildman–Crippen MR) is 78.9 cm³/mol. The maximum atomic E-state index is 12.0. The number of amides is 1. The smallest absolute Gasteiger partial charge is 0.254 e. The monoisotopic (exact) mass is 289 g/mol. The van der Waals surface area contributed by atoms with E-state index in [1.807, 2.05) is 6.26 Å². The van der Waals surface area contributed by atoms with Crippen LogP contribution in [0.1, 0.15) is 10.4 Å². The Kier molecular flexibility index (Phi) is 5.31. The molecule has 0 atom stereocenters. The highest BCUT2D eigenvalue weighted by Crippen LogP contribution is 2.16. The molecule has 6 nitrogen and oxygen atoms in total. The van der Waals surface area contributed by atoms with Gasteiger partial charge in [0.25, 0.3) is 5.91 Å². The summed E-state index contributed by atoms with van der Waals surface area (Å²) >= 11 is 1.45. The van der Waals surface area contributed by atoms with E-state index in [4.69, 9.17) is 0 Å². The van der Waals surface area contributed by atoms with Crippen molar-refractivity contribution in [1.29, 1.82) is 0 Å². The molecule has 2 heterocycles. The van der Waals surface area contributed by atoms with Gasteiger partial charge in [0.15, 0.2) is 0 Å². The minimum Gasteiger partial charge on any atom is -0.352 e. The molecule has 0 spiro atoms. The standard InChI is InChI=1S/C13H15N5OS/c1-20-12-10(4-2-5-15-12)11(19)14-8-9-18-13-16-6-3-7-17-13/h2-7H,8-9H2,1H3,(H,14,19)(H,16,17,18). The Hall–Kier alpha value is -2.15. The van der Waals surface area contributed by atoms with Crippen molar-refractivity contribution in [1.82, 2.24) is 20.3 Å². The molecule has 0 aliphatic carbocycles. The van der Waals surface area contributed by atoms with Gasteiger partial charge < -0.3 is 10.6 Å². The molecule has 0 saturated carbocycles. The highest BCUT2D eigenvalue weighted by atomic mass is 32.2. The van der Waals surface area contributed by atoms with Gasteiger partial charge in [-0.3, -0.25) is 4.79 Å². The van der Waals surface area contributed by atoms with Gasteiger partial charge in [-0.15, -0.1) is 11.8 Å². The zero-order chi connectivity index (χ0) is 14.2. The van der Waals surface area contributed by atoms with E-state index < -0.39 is 0 Å². The first-order valence-corrected chi connectivity index (χ1v) is 7.32. The summed E-state index contributed by atoms with van der Waals surface area (Å²) in [6, 6.07) is 5.27. The molecule has 104 valence electrons. The molecule has 0 saturated heterocycles. The van der Waals surface area contributed by atoms with Gasteiger partial charge in [-0.2, -0.15) is 0 Å². The number of pyridine rings is 1. The molecule has 1 amide bonds. The van der Waals surface area contributed by atoms with Gasteiger partial charge in [-0.05, 0) is 24.5 Å². The number of carbonyl (C=O) groups excluding carboxylic acids is 1. The second-order valence-electron chi connectivity index (χ2n) is 3.82. The molecule has 2 aromatic rings. The van der Waals surface area contributed by atoms with Gasteiger partial charge in [-0.25, -0.2) is 15.0 Å². The number of aromatic nitrogens is 3. The Morgan fingerprint density at radius 2 is 1.90 bits per heavy atom. The van der Waals surface area contributed by atoms with Crippen LogP contribution >= 0.6 is 11.8 Å². The van der Waals surface area contributed by atoms with Gasteiger partial charge in [0, 0.05) is 31.7 Å². The number of rotatable bonds is 6. The fourth-order valence-corrected chi connectivity index (χ4v) is 2.11. The van der Waals surface area contributed by atoms with E-state index in [9.17, 15) is 4.79 Å². The van der Waals surface area contributed by atoms with Crippen molar-refractivity contribution in [2.24, 2.45) is 0 Å². The Morgan fingerprint density at radius 1 is 1.15 bits per heavy atom. The molecule has 0 unspecified atom stereocenters. The summed E-state index contributed by atoms with van der Waals surface area (Å²) in [7, 11) is 0. The second kappa shape index (κ2) is 7.44. The van der Waals surface area contributed by atoms with Crippen LogP contribution in [0.5, 0.6) is 0 Å². The molecule has 7 heteroatoms. The lowest BCUT2D eigenvalue weighted by Crippen LogP contribution is -2.29. The predicted octanol–water partition coefficient (Wildman–Crippen LogP) is 1.44. The van der Waals surface area contributed by atoms with Crippen molar-refractivity contribution in [3.8, 4) is 0 Å². The van der Waals surface area contributed by atoms with E-state index in [1.165, 1.54) is 11.8 Å². The van der Waals surface area contributed by atoms with E-state index >= 15 is 0 Å². The first kappa shape index (κ1) is 14.3. The Balaban J connectivity index is 1.81. The molecule has 2 aromatic heterocycles. The van der Waals surface area contributed by atoms with Crippen molar-refractivity contribution in [3.63, 3.8) is 0 Å². The van der Waals surface area contributed by atoms with E-state index in [0.29, 0.717) is 24.6 Å². The highest BCUT2D eigenvalue weighted by molar-refractivity contribution is 7.98. The molecule has 2 rings (SSSR count). The van der Waals surface area contributed by atoms with Crippen LogP contribution in [-0.4, -0.2) is 40.2 Å². The van der Waals surface area contributed by atoms with Crippen LogP contribution < -0.4 is 10.6 Å². The Morgan fingerprint density at radius 3 is 2.65 bits per heavy atom. The van der Waals surface area contributed by atoms with Crippen molar-refractivity contribution in [3.05, 3.63) is 42.4 Å². The number of thioether (sulfide) groups is 1. The number of nitrogens with zero attached hydrogens (tertiary/aromatic N) is 3. The first-order chi connectivity index (χ1) is 9.81. The normalized spacial score (nSPS) is 10.1. The maximum Gasteiger partial charge on any atom is 0.254 e. The maximum absolute atomic E-state index is 12.0. The van der Waals surface area contributed by atoms with Gasteiger partial charge in [-0.1, -0.05) is 0 Å². The number of anilines is 1. The fourth-order valence-electron chi connectivity index (χ4n) is 1.56. The van der Waals surface area contributed by atoms with Crippen LogP contribution in [-0.2, 0) is 0 Å². The van der Waals surface area contributed by atoms with Crippen LogP contribution in [0, 0.1) is 0 Å². The van der Waals surface area contributed by atoms with Gasteiger partial charge in [0.1, 0.15) is 5.03 Å². The molecule has 20 heavy (non-hydrogen) atoms. The largest absolute Gasteiger partial charge is 0.352 e. The van der Waals surface area contributed by atoms with E-state index in [0.717, 1.165) is 5.03 Å². The molecule has 0 fully saturated rings. The topological polar surface area (TPSA) is 79.8 Å². The number of hydrogen-bond donors (Lipinski definition) is 2. The van der Waals surface area contributed by atoms with Gasteiger partial charge >= 0.3 is 0 Å².